The Morgan fingerprint density at radius 1 is 1.03 bits per heavy atom. The number of aromatic amines is 1. The van der Waals surface area contributed by atoms with Crippen LogP contribution in [0, 0.1) is 17.1 Å². The second kappa shape index (κ2) is 10.3. The summed E-state index contributed by atoms with van der Waals surface area (Å²) in [7, 11) is 0. The summed E-state index contributed by atoms with van der Waals surface area (Å²) in [4.78, 5) is 16.5. The van der Waals surface area contributed by atoms with Gasteiger partial charge in [-0.25, -0.2) is 9.37 Å². The van der Waals surface area contributed by atoms with E-state index in [1.807, 2.05) is 18.2 Å². The van der Waals surface area contributed by atoms with Crippen molar-refractivity contribution in [2.45, 2.75) is 20.3 Å². The van der Waals surface area contributed by atoms with Crippen LogP contribution in [-0.2, 0) is 0 Å². The summed E-state index contributed by atoms with van der Waals surface area (Å²) < 4.78 is 13.9. The molecule has 8 heteroatoms. The lowest BCUT2D eigenvalue weighted by Gasteiger charge is -2.13. The van der Waals surface area contributed by atoms with Crippen LogP contribution in [0.3, 0.4) is 0 Å². The number of benzene rings is 2. The van der Waals surface area contributed by atoms with E-state index in [0.717, 1.165) is 28.9 Å². The highest BCUT2D eigenvalue weighted by molar-refractivity contribution is 6.13. The maximum Gasteiger partial charge on any atom is 0.157 e. The maximum atomic E-state index is 13.9. The van der Waals surface area contributed by atoms with Gasteiger partial charge in [0.1, 0.15) is 11.5 Å². The minimum absolute atomic E-state index is 0.137. The Morgan fingerprint density at radius 3 is 2.63 bits per heavy atom. The maximum absolute atomic E-state index is 13.9. The van der Waals surface area contributed by atoms with Crippen LogP contribution in [0.5, 0.6) is 0 Å². The zero-order chi connectivity index (χ0) is 26.8. The van der Waals surface area contributed by atoms with Crippen LogP contribution in [0.25, 0.3) is 33.3 Å². The molecule has 38 heavy (non-hydrogen) atoms. The van der Waals surface area contributed by atoms with E-state index in [9.17, 15) is 4.39 Å². The number of halogens is 1. The van der Waals surface area contributed by atoms with Crippen molar-refractivity contribution in [1.29, 1.82) is 5.41 Å². The molecule has 0 aliphatic rings. The molecule has 0 bridgehead atoms. The third-order valence-corrected chi connectivity index (χ3v) is 6.14. The van der Waals surface area contributed by atoms with Crippen molar-refractivity contribution in [3.8, 4) is 22.3 Å². The summed E-state index contributed by atoms with van der Waals surface area (Å²) in [6.45, 7) is 8.40. The van der Waals surface area contributed by atoms with Gasteiger partial charge >= 0.3 is 0 Å². The van der Waals surface area contributed by atoms with Gasteiger partial charge in [-0.15, -0.1) is 0 Å². The molecule has 7 nitrogen and oxygen atoms in total. The van der Waals surface area contributed by atoms with Crippen molar-refractivity contribution in [2.75, 3.05) is 11.1 Å². The molecule has 0 fully saturated rings. The highest BCUT2D eigenvalue weighted by Gasteiger charge is 2.17. The summed E-state index contributed by atoms with van der Waals surface area (Å²) in [6.07, 6.45) is 7.67. The first-order valence-electron chi connectivity index (χ1n) is 12.3. The molecule has 0 saturated heterocycles. The molecule has 3 aromatic heterocycles. The second-order valence-electron chi connectivity index (χ2n) is 9.64. The van der Waals surface area contributed by atoms with Crippen LogP contribution < -0.4 is 11.1 Å². The highest BCUT2D eigenvalue weighted by atomic mass is 19.1. The van der Waals surface area contributed by atoms with E-state index in [1.165, 1.54) is 12.1 Å². The Bertz CT molecular complexity index is 1670. The normalized spacial score (nSPS) is 11.2. The number of nitrogen functional groups attached to an aromatic ring is 1. The number of nitrogens with two attached hydrogens (primary N) is 1. The molecule has 5 N–H and O–H groups in total. The molecule has 3 heterocycles. The number of nitrogens with one attached hydrogen (secondary N) is 3. The Labute approximate surface area is 220 Å². The fourth-order valence-electron chi connectivity index (χ4n) is 4.41. The average molecular weight is 506 g/mol. The molecule has 0 atom stereocenters. The molecule has 0 aliphatic heterocycles. The van der Waals surface area contributed by atoms with E-state index in [4.69, 9.17) is 11.1 Å². The lowest BCUT2D eigenvalue weighted by atomic mass is 10.00. The van der Waals surface area contributed by atoms with E-state index >= 15 is 0 Å². The number of imidazole rings is 1. The summed E-state index contributed by atoms with van der Waals surface area (Å²) in [5.41, 5.74) is 13.5. The summed E-state index contributed by atoms with van der Waals surface area (Å²) in [5.74, 6) is 0.495. The van der Waals surface area contributed by atoms with Crippen LogP contribution in [0.15, 0.2) is 85.6 Å². The standard InChI is InChI=1S/C30H28FN7/c1-17(2)9-18(3)36-23-11-21(13-34-14-23)19-7-8-26(32)24(12-19)28(33)30-37-27-16-35-15-25(29(27)38-30)20-5-4-6-22(31)10-20/h4-8,10-17,33,36H,3,9,32H2,1-2H3,(H,37,38). The Kier molecular flexibility index (Phi) is 6.70. The summed E-state index contributed by atoms with van der Waals surface area (Å²) in [6, 6.07) is 13.8. The van der Waals surface area contributed by atoms with Crippen molar-refractivity contribution < 1.29 is 4.39 Å². The van der Waals surface area contributed by atoms with Crippen molar-refractivity contribution in [3.05, 3.63) is 103 Å². The fourth-order valence-corrected chi connectivity index (χ4v) is 4.41. The molecule has 0 aliphatic carbocycles. The molecule has 0 amide bonds. The Hall–Kier alpha value is -4.85. The molecular formula is C30H28FN7. The number of hydrogen-bond acceptors (Lipinski definition) is 6. The molecule has 0 unspecified atom stereocenters. The van der Waals surface area contributed by atoms with Gasteiger partial charge in [-0.3, -0.25) is 15.4 Å². The van der Waals surface area contributed by atoms with Gasteiger partial charge in [0.05, 0.1) is 29.1 Å². The number of aromatic nitrogens is 4. The van der Waals surface area contributed by atoms with Gasteiger partial charge in [0, 0.05) is 40.5 Å². The van der Waals surface area contributed by atoms with Crippen molar-refractivity contribution in [2.24, 2.45) is 5.92 Å². The van der Waals surface area contributed by atoms with Gasteiger partial charge < -0.3 is 16.0 Å². The number of nitrogens with zero attached hydrogens (tertiary/aromatic N) is 3. The largest absolute Gasteiger partial charge is 0.398 e. The molecular weight excluding hydrogens is 477 g/mol. The summed E-state index contributed by atoms with van der Waals surface area (Å²) in [5, 5.41) is 12.2. The molecule has 5 aromatic rings. The monoisotopic (exact) mass is 505 g/mol. The van der Waals surface area contributed by atoms with E-state index in [1.54, 1.807) is 43.0 Å². The predicted molar refractivity (Wildman–Crippen MR) is 152 cm³/mol. The van der Waals surface area contributed by atoms with Gasteiger partial charge in [-0.2, -0.15) is 0 Å². The molecule has 190 valence electrons. The fraction of sp³-hybridized carbons (Fsp3) is 0.133. The van der Waals surface area contributed by atoms with Crippen molar-refractivity contribution in [1.82, 2.24) is 19.9 Å². The van der Waals surface area contributed by atoms with Gasteiger partial charge in [0.25, 0.3) is 0 Å². The SMILES string of the molecule is C=C(CC(C)C)Nc1cncc(-c2ccc(N)c(C(=N)c3nc4c(-c5cccc(F)c5)cncc4[nH]3)c2)c1. The number of allylic oxidation sites excluding steroid dienone is 1. The van der Waals surface area contributed by atoms with Crippen LogP contribution >= 0.6 is 0 Å². The van der Waals surface area contributed by atoms with Crippen molar-refractivity contribution in [3.63, 3.8) is 0 Å². The Balaban J connectivity index is 1.48. The number of rotatable bonds is 8. The molecule has 0 saturated carbocycles. The minimum atomic E-state index is -0.342. The summed E-state index contributed by atoms with van der Waals surface area (Å²) >= 11 is 0. The minimum Gasteiger partial charge on any atom is -0.398 e. The first-order chi connectivity index (χ1) is 18.3. The topological polar surface area (TPSA) is 116 Å². The van der Waals surface area contributed by atoms with E-state index in [2.05, 4.69) is 45.7 Å². The zero-order valence-corrected chi connectivity index (χ0v) is 21.2. The van der Waals surface area contributed by atoms with Crippen LogP contribution in [0.2, 0.25) is 0 Å². The molecule has 2 aromatic carbocycles. The van der Waals surface area contributed by atoms with E-state index in [0.29, 0.717) is 45.2 Å². The van der Waals surface area contributed by atoms with E-state index < -0.39 is 0 Å². The molecule has 0 radical (unpaired) electrons. The van der Waals surface area contributed by atoms with Crippen LogP contribution in [0.4, 0.5) is 15.8 Å². The van der Waals surface area contributed by atoms with Crippen molar-refractivity contribution >= 4 is 28.1 Å². The lowest BCUT2D eigenvalue weighted by molar-refractivity contribution is 0.628. The van der Waals surface area contributed by atoms with Crippen LogP contribution in [-0.4, -0.2) is 25.6 Å². The average Bonchev–Trinajstić information content (AvgIpc) is 3.33. The third-order valence-electron chi connectivity index (χ3n) is 6.14. The first kappa shape index (κ1) is 24.8. The molecule has 0 spiro atoms. The lowest BCUT2D eigenvalue weighted by Crippen LogP contribution is -2.07. The number of hydrogen-bond donors (Lipinski definition) is 4. The smallest absolute Gasteiger partial charge is 0.157 e. The number of H-pyrrole nitrogens is 1. The van der Waals surface area contributed by atoms with Gasteiger partial charge in [-0.05, 0) is 53.8 Å². The number of fused-ring (bicyclic) bond motifs is 1. The van der Waals surface area contributed by atoms with E-state index in [-0.39, 0.29) is 11.5 Å². The Morgan fingerprint density at radius 2 is 1.84 bits per heavy atom. The quantitative estimate of drug-likeness (QED) is 0.137. The first-order valence-corrected chi connectivity index (χ1v) is 12.3. The van der Waals surface area contributed by atoms with Crippen LogP contribution in [0.1, 0.15) is 31.7 Å². The van der Waals surface area contributed by atoms with Gasteiger partial charge in [-0.1, -0.05) is 38.6 Å². The number of anilines is 2. The predicted octanol–water partition coefficient (Wildman–Crippen LogP) is 6.80. The zero-order valence-electron chi connectivity index (χ0n) is 21.2. The highest BCUT2D eigenvalue weighted by Crippen LogP contribution is 2.30. The van der Waals surface area contributed by atoms with Gasteiger partial charge in [0.15, 0.2) is 5.82 Å². The number of pyridine rings is 2. The molecule has 5 rings (SSSR count). The second-order valence-corrected chi connectivity index (χ2v) is 9.64. The third kappa shape index (κ3) is 5.15. The van der Waals surface area contributed by atoms with Gasteiger partial charge in [0.2, 0.25) is 0 Å².